The maximum Gasteiger partial charge on any atom is 0.229 e. The van der Waals surface area contributed by atoms with Gasteiger partial charge in [-0.2, -0.15) is 4.98 Å². The smallest absolute Gasteiger partial charge is 0.229 e. The second-order valence-electron chi connectivity index (χ2n) is 4.84. The highest BCUT2D eigenvalue weighted by Crippen LogP contribution is 2.31. The van der Waals surface area contributed by atoms with Crippen molar-refractivity contribution in [2.45, 2.75) is 0 Å². The molecular weight excluding hydrogens is 376 g/mol. The molecule has 2 N–H and O–H groups in total. The lowest BCUT2D eigenvalue weighted by Crippen LogP contribution is -2.03. The summed E-state index contributed by atoms with van der Waals surface area (Å²) in [6.45, 7) is 0. The average molecular weight is 385 g/mol. The Labute approximate surface area is 150 Å². The predicted octanol–water partition coefficient (Wildman–Crippen LogP) is 5.69. The molecule has 0 aliphatic carbocycles. The van der Waals surface area contributed by atoms with Crippen molar-refractivity contribution in [1.29, 1.82) is 0 Å². The number of rotatable bonds is 4. The molecule has 1 aromatic heterocycles. The number of halogens is 5. The minimum Gasteiger partial charge on any atom is -0.339 e. The average Bonchev–Trinajstić information content (AvgIpc) is 2.60. The molecule has 128 valence electrons. The first kappa shape index (κ1) is 17.3. The SMILES string of the molecule is Fc1ccc(Nc2nccc(Nc3cccc(Cl)c3Cl)n2)c(F)c1F. The summed E-state index contributed by atoms with van der Waals surface area (Å²) in [4.78, 5) is 8.01. The van der Waals surface area contributed by atoms with Crippen LogP contribution in [0.4, 0.5) is 36.3 Å². The van der Waals surface area contributed by atoms with Crippen molar-refractivity contribution in [3.63, 3.8) is 0 Å². The predicted molar refractivity (Wildman–Crippen MR) is 91.4 cm³/mol. The van der Waals surface area contributed by atoms with Crippen LogP contribution in [0.1, 0.15) is 0 Å². The van der Waals surface area contributed by atoms with E-state index >= 15 is 0 Å². The molecule has 0 unspecified atom stereocenters. The van der Waals surface area contributed by atoms with Crippen molar-refractivity contribution in [2.24, 2.45) is 0 Å². The minimum absolute atomic E-state index is 0.0203. The Morgan fingerprint density at radius 3 is 2.44 bits per heavy atom. The van der Waals surface area contributed by atoms with E-state index < -0.39 is 17.5 Å². The Morgan fingerprint density at radius 1 is 0.840 bits per heavy atom. The maximum absolute atomic E-state index is 13.7. The Kier molecular flexibility index (Phi) is 4.96. The molecule has 0 saturated heterocycles. The van der Waals surface area contributed by atoms with Crippen molar-refractivity contribution < 1.29 is 13.2 Å². The van der Waals surface area contributed by atoms with Crippen molar-refractivity contribution in [2.75, 3.05) is 10.6 Å². The lowest BCUT2D eigenvalue weighted by molar-refractivity contribution is 0.449. The second-order valence-corrected chi connectivity index (χ2v) is 5.62. The van der Waals surface area contributed by atoms with Gasteiger partial charge in [0.2, 0.25) is 5.95 Å². The maximum atomic E-state index is 13.7. The quantitative estimate of drug-likeness (QED) is 0.567. The molecule has 0 bridgehead atoms. The highest BCUT2D eigenvalue weighted by atomic mass is 35.5. The van der Waals surface area contributed by atoms with Crippen LogP contribution in [-0.4, -0.2) is 9.97 Å². The lowest BCUT2D eigenvalue weighted by Gasteiger charge is -2.11. The van der Waals surface area contributed by atoms with Crippen molar-refractivity contribution in [1.82, 2.24) is 9.97 Å². The van der Waals surface area contributed by atoms with Crippen LogP contribution in [0.5, 0.6) is 0 Å². The van der Waals surface area contributed by atoms with Gasteiger partial charge in [-0.3, -0.25) is 0 Å². The highest BCUT2D eigenvalue weighted by molar-refractivity contribution is 6.43. The third-order valence-corrected chi connectivity index (χ3v) is 3.97. The van der Waals surface area contributed by atoms with Gasteiger partial charge < -0.3 is 10.6 Å². The van der Waals surface area contributed by atoms with Crippen LogP contribution in [0.15, 0.2) is 42.6 Å². The number of anilines is 4. The van der Waals surface area contributed by atoms with E-state index in [1.807, 2.05) is 0 Å². The summed E-state index contributed by atoms with van der Waals surface area (Å²) in [5, 5.41) is 6.10. The van der Waals surface area contributed by atoms with E-state index in [-0.39, 0.29) is 11.6 Å². The first-order chi connectivity index (χ1) is 12.0. The van der Waals surface area contributed by atoms with Crippen molar-refractivity contribution >= 4 is 46.3 Å². The number of hydrogen-bond donors (Lipinski definition) is 2. The van der Waals surface area contributed by atoms with E-state index in [4.69, 9.17) is 23.2 Å². The van der Waals surface area contributed by atoms with Crippen LogP contribution in [0.3, 0.4) is 0 Å². The summed E-state index contributed by atoms with van der Waals surface area (Å²) < 4.78 is 40.0. The Morgan fingerprint density at radius 2 is 1.64 bits per heavy atom. The molecule has 0 radical (unpaired) electrons. The molecule has 3 rings (SSSR count). The Balaban J connectivity index is 1.85. The zero-order valence-electron chi connectivity index (χ0n) is 12.3. The first-order valence-electron chi connectivity index (χ1n) is 6.90. The summed E-state index contributed by atoms with van der Waals surface area (Å²) in [6, 6.07) is 8.42. The molecule has 0 atom stereocenters. The third kappa shape index (κ3) is 3.78. The number of nitrogens with zero attached hydrogens (tertiary/aromatic N) is 2. The number of aromatic nitrogens is 2. The summed E-state index contributed by atoms with van der Waals surface area (Å²) in [7, 11) is 0. The molecule has 0 aliphatic heterocycles. The largest absolute Gasteiger partial charge is 0.339 e. The van der Waals surface area contributed by atoms with Gasteiger partial charge in [0.1, 0.15) is 5.82 Å². The zero-order chi connectivity index (χ0) is 18.0. The molecule has 0 amide bonds. The first-order valence-corrected chi connectivity index (χ1v) is 7.66. The monoisotopic (exact) mass is 384 g/mol. The van der Waals surface area contributed by atoms with E-state index in [1.54, 1.807) is 24.3 Å². The van der Waals surface area contributed by atoms with Crippen LogP contribution in [0.2, 0.25) is 10.0 Å². The molecule has 0 fully saturated rings. The van der Waals surface area contributed by atoms with Crippen LogP contribution >= 0.6 is 23.2 Å². The minimum atomic E-state index is -1.58. The van der Waals surface area contributed by atoms with Crippen molar-refractivity contribution in [3.8, 4) is 0 Å². The van der Waals surface area contributed by atoms with Gasteiger partial charge in [0.25, 0.3) is 0 Å². The van der Waals surface area contributed by atoms with Crippen LogP contribution < -0.4 is 10.6 Å². The van der Waals surface area contributed by atoms with Gasteiger partial charge in [-0.15, -0.1) is 0 Å². The summed E-state index contributed by atoms with van der Waals surface area (Å²) >= 11 is 12.0. The highest BCUT2D eigenvalue weighted by Gasteiger charge is 2.14. The molecule has 2 aromatic carbocycles. The van der Waals surface area contributed by atoms with E-state index in [2.05, 4.69) is 20.6 Å². The van der Waals surface area contributed by atoms with Gasteiger partial charge >= 0.3 is 0 Å². The summed E-state index contributed by atoms with van der Waals surface area (Å²) in [5.74, 6) is -3.91. The van der Waals surface area contributed by atoms with Gasteiger partial charge in [-0.05, 0) is 30.3 Å². The van der Waals surface area contributed by atoms with Gasteiger partial charge in [0.15, 0.2) is 17.5 Å². The molecule has 3 aromatic rings. The molecule has 9 heteroatoms. The lowest BCUT2D eigenvalue weighted by atomic mass is 10.3. The van der Waals surface area contributed by atoms with Gasteiger partial charge in [-0.1, -0.05) is 29.3 Å². The fraction of sp³-hybridized carbons (Fsp3) is 0. The number of nitrogens with one attached hydrogen (secondary N) is 2. The van der Waals surface area contributed by atoms with E-state index in [0.29, 0.717) is 21.6 Å². The fourth-order valence-corrected chi connectivity index (χ4v) is 2.32. The van der Waals surface area contributed by atoms with Gasteiger partial charge in [-0.25, -0.2) is 18.2 Å². The van der Waals surface area contributed by atoms with E-state index in [0.717, 1.165) is 12.1 Å². The topological polar surface area (TPSA) is 49.8 Å². The zero-order valence-corrected chi connectivity index (χ0v) is 13.8. The Hall–Kier alpha value is -2.51. The summed E-state index contributed by atoms with van der Waals surface area (Å²) in [5.41, 5.74) is 0.217. The molecule has 0 spiro atoms. The van der Waals surface area contributed by atoms with Crippen LogP contribution in [0.25, 0.3) is 0 Å². The molecule has 4 nitrogen and oxygen atoms in total. The summed E-state index contributed by atoms with van der Waals surface area (Å²) in [6.07, 6.45) is 1.40. The molecule has 25 heavy (non-hydrogen) atoms. The third-order valence-electron chi connectivity index (χ3n) is 3.15. The fourth-order valence-electron chi connectivity index (χ4n) is 1.97. The molecule has 1 heterocycles. The number of hydrogen-bond acceptors (Lipinski definition) is 4. The van der Waals surface area contributed by atoms with Crippen molar-refractivity contribution in [3.05, 3.63) is 70.1 Å². The molecule has 0 saturated carbocycles. The standard InChI is InChI=1S/C16H9Cl2F3N4/c17-8-2-1-3-10(13(8)18)23-12-6-7-22-16(25-12)24-11-5-4-9(19)14(20)15(11)21/h1-7H,(H2,22,23,24,25). The Bertz CT molecular complexity index is 937. The normalized spacial score (nSPS) is 10.6. The van der Waals surface area contributed by atoms with Gasteiger partial charge in [0.05, 0.1) is 21.4 Å². The van der Waals surface area contributed by atoms with Crippen LogP contribution in [-0.2, 0) is 0 Å². The molecular formula is C16H9Cl2F3N4. The van der Waals surface area contributed by atoms with E-state index in [9.17, 15) is 13.2 Å². The second kappa shape index (κ2) is 7.16. The number of benzene rings is 2. The van der Waals surface area contributed by atoms with Crippen LogP contribution in [0, 0.1) is 17.5 Å². The van der Waals surface area contributed by atoms with E-state index in [1.165, 1.54) is 6.20 Å². The molecule has 0 aliphatic rings. The van der Waals surface area contributed by atoms with Gasteiger partial charge in [0, 0.05) is 6.20 Å².